The summed E-state index contributed by atoms with van der Waals surface area (Å²) in [6.45, 7) is 0.497. The molecule has 276 valence electrons. The maximum atomic E-state index is 15.0. The first-order valence-electron chi connectivity index (χ1n) is 17.4. The Kier molecular flexibility index (Phi) is 12.0. The number of carbonyl (C=O) groups is 1. The molecule has 5 aromatic rings. The first-order chi connectivity index (χ1) is 26.4. The summed E-state index contributed by atoms with van der Waals surface area (Å²) in [5.74, 6) is 1.80. The molecule has 0 saturated carbocycles. The van der Waals surface area contributed by atoms with Crippen LogP contribution in [0.15, 0.2) is 125 Å². The quantitative estimate of drug-likeness (QED) is 0.0453. The molecule has 0 unspecified atom stereocenters. The maximum absolute atomic E-state index is 15.0. The molecule has 0 fully saturated rings. The average Bonchev–Trinajstić information content (AvgIpc) is 3.61. The molecule has 0 aliphatic carbocycles. The molecule has 12 nitrogen and oxygen atoms in total. The van der Waals surface area contributed by atoms with E-state index in [2.05, 4.69) is 15.3 Å². The minimum absolute atomic E-state index is 0.0307. The van der Waals surface area contributed by atoms with Gasteiger partial charge in [0.1, 0.15) is 5.75 Å². The van der Waals surface area contributed by atoms with Crippen LogP contribution in [0.5, 0.6) is 23.0 Å². The van der Waals surface area contributed by atoms with Gasteiger partial charge in [0, 0.05) is 42.2 Å². The Morgan fingerprint density at radius 1 is 0.870 bits per heavy atom. The highest BCUT2D eigenvalue weighted by Gasteiger charge is 2.53. The number of aliphatic imine (C=N–C) groups is 1. The second-order valence-corrected chi connectivity index (χ2v) is 12.5. The van der Waals surface area contributed by atoms with E-state index in [-0.39, 0.29) is 25.5 Å². The summed E-state index contributed by atoms with van der Waals surface area (Å²) in [6, 6.07) is 35.8. The van der Waals surface area contributed by atoms with Gasteiger partial charge in [0.05, 0.1) is 27.9 Å². The number of hydrogen-bond donors (Lipinski definition) is 2. The molecule has 0 saturated heterocycles. The third-order valence-electron chi connectivity index (χ3n) is 9.13. The van der Waals surface area contributed by atoms with Gasteiger partial charge in [-0.05, 0) is 69.7 Å². The van der Waals surface area contributed by atoms with E-state index in [1.807, 2.05) is 78.9 Å². The number of ether oxygens (including phenoxy) is 5. The van der Waals surface area contributed by atoms with E-state index in [1.54, 1.807) is 36.4 Å². The van der Waals surface area contributed by atoms with Crippen molar-refractivity contribution in [3.63, 3.8) is 0 Å². The molecule has 0 radical (unpaired) electrons. The van der Waals surface area contributed by atoms with Crippen LogP contribution in [0.2, 0.25) is 0 Å². The lowest BCUT2D eigenvalue weighted by molar-refractivity contribution is -0.129. The summed E-state index contributed by atoms with van der Waals surface area (Å²) in [5, 5.41) is 16.2. The van der Waals surface area contributed by atoms with Gasteiger partial charge in [-0.2, -0.15) is 0 Å². The van der Waals surface area contributed by atoms with Gasteiger partial charge in [0.2, 0.25) is 11.6 Å². The van der Waals surface area contributed by atoms with E-state index >= 15 is 0 Å². The van der Waals surface area contributed by atoms with Gasteiger partial charge in [0.15, 0.2) is 23.1 Å². The van der Waals surface area contributed by atoms with Crippen LogP contribution in [0.25, 0.3) is 21.6 Å². The first kappa shape index (κ1) is 37.3. The Morgan fingerprint density at radius 2 is 1.52 bits per heavy atom. The van der Waals surface area contributed by atoms with Crippen LogP contribution >= 0.6 is 0 Å². The Labute approximate surface area is 313 Å². The SMILES string of the molecule is COc1cc(CNC(=O)[C@]2(Cc3ccccc3N=[N+]=[N-])N=C(c3ccc(OCCCO)cc3)O[C@@H]2c2ccc(-c3ccccc3)cc2)cc(OC)c1OC. The zero-order valence-electron chi connectivity index (χ0n) is 30.3. The van der Waals surface area contributed by atoms with E-state index in [0.717, 1.165) is 16.7 Å². The van der Waals surface area contributed by atoms with Crippen molar-refractivity contribution in [1.29, 1.82) is 0 Å². The topological polar surface area (TPSA) is 157 Å². The second-order valence-electron chi connectivity index (χ2n) is 12.5. The largest absolute Gasteiger partial charge is 0.494 e. The molecule has 0 bridgehead atoms. The highest BCUT2D eigenvalue weighted by molar-refractivity contribution is 6.01. The number of methoxy groups -OCH3 is 3. The molecule has 54 heavy (non-hydrogen) atoms. The van der Waals surface area contributed by atoms with Crippen LogP contribution < -0.4 is 24.3 Å². The molecular formula is C42H41N5O7. The van der Waals surface area contributed by atoms with Gasteiger partial charge in [-0.15, -0.1) is 0 Å². The lowest BCUT2D eigenvalue weighted by Crippen LogP contribution is -2.49. The molecule has 1 heterocycles. The van der Waals surface area contributed by atoms with Crippen molar-refractivity contribution in [3.8, 4) is 34.1 Å². The molecule has 1 amide bonds. The highest BCUT2D eigenvalue weighted by Crippen LogP contribution is 2.44. The van der Waals surface area contributed by atoms with Gasteiger partial charge in [-0.1, -0.05) is 84.0 Å². The smallest absolute Gasteiger partial charge is 0.252 e. The van der Waals surface area contributed by atoms with E-state index in [1.165, 1.54) is 21.3 Å². The van der Waals surface area contributed by atoms with Gasteiger partial charge in [-0.25, -0.2) is 4.99 Å². The van der Waals surface area contributed by atoms with E-state index < -0.39 is 17.6 Å². The molecule has 0 aromatic heterocycles. The minimum atomic E-state index is -1.57. The molecule has 0 spiro atoms. The fraction of sp³-hybridized carbons (Fsp3) is 0.238. The summed E-state index contributed by atoms with van der Waals surface area (Å²) < 4.78 is 29.1. The molecule has 6 rings (SSSR count). The number of nitrogens with one attached hydrogen (secondary N) is 1. The predicted octanol–water partition coefficient (Wildman–Crippen LogP) is 7.90. The molecule has 1 aliphatic rings. The fourth-order valence-corrected chi connectivity index (χ4v) is 6.43. The van der Waals surface area contributed by atoms with Crippen LogP contribution in [-0.4, -0.2) is 57.0 Å². The second kappa shape index (κ2) is 17.4. The van der Waals surface area contributed by atoms with Crippen molar-refractivity contribution in [1.82, 2.24) is 5.32 Å². The third-order valence-corrected chi connectivity index (χ3v) is 9.13. The van der Waals surface area contributed by atoms with Crippen LogP contribution in [0.4, 0.5) is 5.69 Å². The Hall–Kier alpha value is -6.49. The summed E-state index contributed by atoms with van der Waals surface area (Å²) in [7, 11) is 4.59. The number of carbonyl (C=O) groups excluding carboxylic acids is 1. The lowest BCUT2D eigenvalue weighted by Gasteiger charge is -2.31. The van der Waals surface area contributed by atoms with Crippen LogP contribution in [0, 0.1) is 0 Å². The summed E-state index contributed by atoms with van der Waals surface area (Å²) in [4.78, 5) is 23.2. The number of amides is 1. The van der Waals surface area contributed by atoms with Gasteiger partial charge < -0.3 is 34.1 Å². The maximum Gasteiger partial charge on any atom is 0.252 e. The van der Waals surface area contributed by atoms with Crippen LogP contribution in [0.3, 0.4) is 0 Å². The lowest BCUT2D eigenvalue weighted by atomic mass is 9.81. The zero-order chi connectivity index (χ0) is 37.9. The number of azide groups is 1. The number of aliphatic hydroxyl groups is 1. The number of aliphatic hydroxyl groups excluding tert-OH is 1. The van der Waals surface area contributed by atoms with Gasteiger partial charge in [0.25, 0.3) is 5.91 Å². The van der Waals surface area contributed by atoms with E-state index in [9.17, 15) is 10.3 Å². The Morgan fingerprint density at radius 3 is 2.17 bits per heavy atom. The van der Waals surface area contributed by atoms with Crippen molar-refractivity contribution in [3.05, 3.63) is 148 Å². The van der Waals surface area contributed by atoms with E-state index in [0.29, 0.717) is 58.4 Å². The number of benzene rings is 5. The predicted molar refractivity (Wildman–Crippen MR) is 206 cm³/mol. The van der Waals surface area contributed by atoms with Crippen LogP contribution in [0.1, 0.15) is 34.8 Å². The molecule has 1 aliphatic heterocycles. The average molecular weight is 728 g/mol. The van der Waals surface area contributed by atoms with Crippen molar-refractivity contribution in [2.45, 2.75) is 31.0 Å². The van der Waals surface area contributed by atoms with Crippen molar-refractivity contribution < 1.29 is 33.6 Å². The van der Waals surface area contributed by atoms with E-state index in [4.69, 9.17) is 33.8 Å². The number of rotatable bonds is 16. The van der Waals surface area contributed by atoms with Crippen molar-refractivity contribution in [2.24, 2.45) is 10.1 Å². The summed E-state index contributed by atoms with van der Waals surface area (Å²) in [6.07, 6.45) is -0.343. The molecule has 12 heteroatoms. The normalized spacial score (nSPS) is 16.0. The molecular weight excluding hydrogens is 686 g/mol. The standard InChI is InChI=1S/C42H41N5O7/c1-50-36-24-28(25-37(51-2)38(36)52-3)27-44-41(49)42(26-33-12-7-8-13-35(33)46-47-43)39(31-16-14-30(15-17-31)29-10-5-4-6-11-29)54-40(45-42)32-18-20-34(21-19-32)53-23-9-22-48/h4-8,10-21,24-25,39,48H,9,22-23,26-27H2,1-3H3,(H,44,49)/t39-,42-/m1/s1. The minimum Gasteiger partial charge on any atom is -0.494 e. The summed E-state index contributed by atoms with van der Waals surface area (Å²) in [5.41, 5.74) is 13.0. The zero-order valence-corrected chi connectivity index (χ0v) is 30.3. The molecule has 2 N–H and O–H groups in total. The van der Waals surface area contributed by atoms with Gasteiger partial charge >= 0.3 is 0 Å². The third kappa shape index (κ3) is 8.10. The monoisotopic (exact) mass is 727 g/mol. The number of nitrogens with zero attached hydrogens (tertiary/aromatic N) is 4. The van der Waals surface area contributed by atoms with Crippen LogP contribution in [-0.2, 0) is 22.5 Å². The highest BCUT2D eigenvalue weighted by atomic mass is 16.5. The number of hydrogen-bond acceptors (Lipinski definition) is 9. The fourth-order valence-electron chi connectivity index (χ4n) is 6.43. The van der Waals surface area contributed by atoms with Crippen molar-refractivity contribution in [2.75, 3.05) is 34.5 Å². The first-order valence-corrected chi connectivity index (χ1v) is 17.4. The molecule has 5 aromatic carbocycles. The Bertz CT molecular complexity index is 2110. The molecule has 2 atom stereocenters. The van der Waals surface area contributed by atoms with Gasteiger partial charge in [-0.3, -0.25) is 4.79 Å². The summed E-state index contributed by atoms with van der Waals surface area (Å²) >= 11 is 0. The van der Waals surface area contributed by atoms with Crippen molar-refractivity contribution >= 4 is 17.5 Å². The Balaban J connectivity index is 1.45.